The third-order valence-corrected chi connectivity index (χ3v) is 4.94. The standard InChI is InChI=1S/C28H38O7/c1-21(15-18-24(19-26(29)30)20-27(31)32)13-11-9-7-5-6-8-10-12-14-25(35-4)22(2)16-17-23(3)28(33)34/h6,8-12,15-19,21,25H,5,7,13-14,20H2,1-4H3,(H,29,30)(H,31,32)(H,33,34)/b8-6+,11-9-,12-10+,18-15-,22-16-,23-17+,24-19+/t21-,25-/m1/s1. The smallest absolute Gasteiger partial charge is 0.331 e. The molecule has 0 aromatic carbocycles. The summed E-state index contributed by atoms with van der Waals surface area (Å²) in [6.07, 6.45) is 22.6. The van der Waals surface area contributed by atoms with Gasteiger partial charge in [0, 0.05) is 18.8 Å². The first kappa shape index (κ1) is 31.6. The number of ether oxygens (including phenoxy) is 1. The van der Waals surface area contributed by atoms with Crippen LogP contribution in [0.15, 0.2) is 83.6 Å². The fourth-order valence-electron chi connectivity index (χ4n) is 2.84. The second-order valence-electron chi connectivity index (χ2n) is 8.13. The van der Waals surface area contributed by atoms with E-state index in [1.807, 2.05) is 38.2 Å². The maximum atomic E-state index is 10.9. The van der Waals surface area contributed by atoms with E-state index in [9.17, 15) is 14.4 Å². The summed E-state index contributed by atoms with van der Waals surface area (Å²) >= 11 is 0. The van der Waals surface area contributed by atoms with Crippen molar-refractivity contribution >= 4 is 17.9 Å². The predicted molar refractivity (Wildman–Crippen MR) is 138 cm³/mol. The number of rotatable bonds is 17. The Morgan fingerprint density at radius 1 is 0.886 bits per heavy atom. The lowest BCUT2D eigenvalue weighted by Crippen LogP contribution is -2.10. The zero-order valence-electron chi connectivity index (χ0n) is 21.0. The molecule has 0 aliphatic rings. The molecule has 7 heteroatoms. The van der Waals surface area contributed by atoms with Gasteiger partial charge >= 0.3 is 17.9 Å². The van der Waals surface area contributed by atoms with Gasteiger partial charge in [-0.1, -0.05) is 67.7 Å². The maximum absolute atomic E-state index is 10.9. The monoisotopic (exact) mass is 486 g/mol. The molecule has 7 nitrogen and oxygen atoms in total. The van der Waals surface area contributed by atoms with E-state index in [1.165, 1.54) is 0 Å². The Hall–Kier alpha value is -3.45. The Kier molecular flexibility index (Phi) is 17.1. The lowest BCUT2D eigenvalue weighted by atomic mass is 10.0. The van der Waals surface area contributed by atoms with Crippen LogP contribution in [0, 0.1) is 5.92 Å². The molecule has 0 saturated heterocycles. The second-order valence-corrected chi connectivity index (χ2v) is 8.13. The molecule has 0 aromatic rings. The van der Waals surface area contributed by atoms with Crippen LogP contribution < -0.4 is 0 Å². The van der Waals surface area contributed by atoms with Gasteiger partial charge in [0.15, 0.2) is 0 Å². The number of methoxy groups -OCH3 is 1. The van der Waals surface area contributed by atoms with Gasteiger partial charge in [-0.2, -0.15) is 0 Å². The highest BCUT2D eigenvalue weighted by Crippen LogP contribution is 2.12. The zero-order valence-corrected chi connectivity index (χ0v) is 21.0. The van der Waals surface area contributed by atoms with E-state index in [4.69, 9.17) is 20.1 Å². The van der Waals surface area contributed by atoms with Crippen LogP contribution in [-0.2, 0) is 19.1 Å². The van der Waals surface area contributed by atoms with Crippen molar-refractivity contribution in [3.63, 3.8) is 0 Å². The van der Waals surface area contributed by atoms with Gasteiger partial charge in [-0.25, -0.2) is 9.59 Å². The Labute approximate surface area is 208 Å². The number of carboxylic acid groups (broad SMARTS) is 3. The molecule has 0 unspecified atom stereocenters. The van der Waals surface area contributed by atoms with Crippen LogP contribution >= 0.6 is 0 Å². The largest absolute Gasteiger partial charge is 0.481 e. The fourth-order valence-corrected chi connectivity index (χ4v) is 2.84. The average molecular weight is 487 g/mol. The van der Waals surface area contributed by atoms with Crippen LogP contribution in [0.2, 0.25) is 0 Å². The van der Waals surface area contributed by atoms with Crippen LogP contribution in [-0.4, -0.2) is 46.4 Å². The van der Waals surface area contributed by atoms with Gasteiger partial charge in [-0.3, -0.25) is 4.79 Å². The Balaban J connectivity index is 4.41. The topological polar surface area (TPSA) is 121 Å². The summed E-state index contributed by atoms with van der Waals surface area (Å²) in [6, 6.07) is 0. The number of allylic oxidation sites excluding steroid dienone is 9. The summed E-state index contributed by atoms with van der Waals surface area (Å²) in [5, 5.41) is 26.6. The molecule has 3 N–H and O–H groups in total. The lowest BCUT2D eigenvalue weighted by molar-refractivity contribution is -0.136. The quantitative estimate of drug-likeness (QED) is 0.101. The summed E-state index contributed by atoms with van der Waals surface area (Å²) in [5.74, 6) is -3.01. The Morgan fingerprint density at radius 3 is 2.14 bits per heavy atom. The van der Waals surface area contributed by atoms with Gasteiger partial charge in [-0.05, 0) is 56.6 Å². The molecule has 0 amide bonds. The van der Waals surface area contributed by atoms with Crippen LogP contribution in [0.3, 0.4) is 0 Å². The number of unbranched alkanes of at least 4 members (excludes halogenated alkanes) is 1. The van der Waals surface area contributed by atoms with Crippen LogP contribution in [0.25, 0.3) is 0 Å². The van der Waals surface area contributed by atoms with E-state index in [0.29, 0.717) is 6.42 Å². The minimum absolute atomic E-state index is 0.115. The molecule has 0 aliphatic carbocycles. The van der Waals surface area contributed by atoms with Gasteiger partial charge in [0.2, 0.25) is 0 Å². The van der Waals surface area contributed by atoms with E-state index >= 15 is 0 Å². The van der Waals surface area contributed by atoms with Crippen molar-refractivity contribution in [2.45, 2.75) is 59.0 Å². The number of hydrogen-bond acceptors (Lipinski definition) is 4. The Bertz CT molecular complexity index is 898. The normalized spacial score (nSPS) is 15.5. The third kappa shape index (κ3) is 17.7. The summed E-state index contributed by atoms with van der Waals surface area (Å²) in [5.41, 5.74) is 1.48. The van der Waals surface area contributed by atoms with Crippen molar-refractivity contribution in [2.75, 3.05) is 7.11 Å². The number of carboxylic acids is 3. The van der Waals surface area contributed by atoms with Gasteiger partial charge in [0.25, 0.3) is 0 Å². The molecule has 35 heavy (non-hydrogen) atoms. The van der Waals surface area contributed by atoms with E-state index in [2.05, 4.69) is 18.2 Å². The molecule has 0 bridgehead atoms. The summed E-state index contributed by atoms with van der Waals surface area (Å²) < 4.78 is 5.47. The first-order chi connectivity index (χ1) is 16.6. The van der Waals surface area contributed by atoms with E-state index in [-0.39, 0.29) is 29.6 Å². The highest BCUT2D eigenvalue weighted by molar-refractivity contribution is 5.86. The van der Waals surface area contributed by atoms with Gasteiger partial charge in [0.1, 0.15) is 0 Å². The van der Waals surface area contributed by atoms with E-state index in [1.54, 1.807) is 32.3 Å². The number of hydrogen-bond donors (Lipinski definition) is 3. The predicted octanol–water partition coefficient (Wildman–Crippen LogP) is 5.89. The maximum Gasteiger partial charge on any atom is 0.331 e. The molecule has 0 saturated carbocycles. The molecule has 0 fully saturated rings. The first-order valence-corrected chi connectivity index (χ1v) is 11.5. The highest BCUT2D eigenvalue weighted by Gasteiger charge is 2.07. The molecular formula is C28H38O7. The van der Waals surface area contributed by atoms with Crippen molar-refractivity contribution in [1.82, 2.24) is 0 Å². The van der Waals surface area contributed by atoms with Crippen LogP contribution in [0.5, 0.6) is 0 Å². The van der Waals surface area contributed by atoms with Crippen molar-refractivity contribution in [3.05, 3.63) is 83.6 Å². The molecule has 0 spiro atoms. The van der Waals surface area contributed by atoms with Crippen LogP contribution in [0.1, 0.15) is 52.9 Å². The number of carbonyl (C=O) groups is 3. The van der Waals surface area contributed by atoms with Gasteiger partial charge in [0.05, 0.1) is 12.5 Å². The molecule has 0 aromatic heterocycles. The summed E-state index contributed by atoms with van der Waals surface area (Å²) in [7, 11) is 1.63. The molecule has 0 radical (unpaired) electrons. The zero-order chi connectivity index (χ0) is 26.6. The van der Waals surface area contributed by atoms with Crippen LogP contribution in [0.4, 0.5) is 0 Å². The lowest BCUT2D eigenvalue weighted by Gasteiger charge is -2.13. The van der Waals surface area contributed by atoms with E-state index in [0.717, 1.165) is 30.9 Å². The van der Waals surface area contributed by atoms with Crippen molar-refractivity contribution in [1.29, 1.82) is 0 Å². The second kappa shape index (κ2) is 18.9. The van der Waals surface area contributed by atoms with Gasteiger partial charge < -0.3 is 20.1 Å². The van der Waals surface area contributed by atoms with Gasteiger partial charge in [-0.15, -0.1) is 0 Å². The molecule has 2 atom stereocenters. The van der Waals surface area contributed by atoms with Crippen molar-refractivity contribution in [2.24, 2.45) is 5.92 Å². The molecule has 0 heterocycles. The minimum atomic E-state index is -1.16. The third-order valence-electron chi connectivity index (χ3n) is 4.94. The molecule has 192 valence electrons. The fraction of sp³-hybridized carbons (Fsp3) is 0.393. The first-order valence-electron chi connectivity index (χ1n) is 11.5. The van der Waals surface area contributed by atoms with Crippen molar-refractivity contribution in [3.8, 4) is 0 Å². The Morgan fingerprint density at radius 2 is 1.54 bits per heavy atom. The summed E-state index contributed by atoms with van der Waals surface area (Å²) in [6.45, 7) is 5.44. The number of aliphatic carboxylic acids is 3. The average Bonchev–Trinajstić information content (AvgIpc) is 2.78. The van der Waals surface area contributed by atoms with Crippen molar-refractivity contribution < 1.29 is 34.4 Å². The summed E-state index contributed by atoms with van der Waals surface area (Å²) in [4.78, 5) is 32.4. The highest BCUT2D eigenvalue weighted by atomic mass is 16.5. The molecule has 0 aliphatic heterocycles. The molecule has 0 rings (SSSR count). The minimum Gasteiger partial charge on any atom is -0.481 e. The SMILES string of the molecule is CO[C@H](C/C=C/C=C/CC/C=C\C[C@@H](C)/C=C\C(=C/C(=O)O)CC(=O)O)/C(C)=C\C=C(/C)C(=O)O. The van der Waals surface area contributed by atoms with E-state index < -0.39 is 17.9 Å². The molecular weight excluding hydrogens is 448 g/mol.